The molecule has 3 heteroatoms. The van der Waals surface area contributed by atoms with Crippen LogP contribution in [0.25, 0.3) is 0 Å². The van der Waals surface area contributed by atoms with Crippen molar-refractivity contribution in [1.29, 1.82) is 0 Å². The Kier molecular flexibility index (Phi) is 7.49. The van der Waals surface area contributed by atoms with Crippen molar-refractivity contribution in [3.8, 4) is 0 Å². The van der Waals surface area contributed by atoms with Crippen molar-refractivity contribution in [3.63, 3.8) is 0 Å². The zero-order valence-electron chi connectivity index (χ0n) is 14.3. The quantitative estimate of drug-likeness (QED) is 0.659. The minimum absolute atomic E-state index is 1.16. The van der Waals surface area contributed by atoms with E-state index in [0.29, 0.717) is 0 Å². The lowest BCUT2D eigenvalue weighted by molar-refractivity contribution is 0.397. The first kappa shape index (κ1) is 17.4. The molecule has 0 aliphatic carbocycles. The molecule has 0 aliphatic heterocycles. The van der Waals surface area contributed by atoms with E-state index in [1.165, 1.54) is 38.8 Å². The van der Waals surface area contributed by atoms with Crippen LogP contribution in [0.2, 0.25) is 0 Å². The minimum atomic E-state index is 1.16. The normalized spacial score (nSPS) is 11.8. The Morgan fingerprint density at radius 2 is 1.45 bits per heavy atom. The van der Waals surface area contributed by atoms with Gasteiger partial charge < -0.3 is 9.80 Å². The van der Waals surface area contributed by atoms with Gasteiger partial charge in [0, 0.05) is 10.2 Å². The van der Waals surface area contributed by atoms with E-state index >= 15 is 0 Å². The van der Waals surface area contributed by atoms with E-state index < -0.39 is 0 Å². The number of rotatable bonds is 8. The molecule has 0 fully saturated rings. The number of nitrogens with zero attached hydrogens (tertiary/aromatic N) is 2. The summed E-state index contributed by atoms with van der Waals surface area (Å²) < 4.78 is 0. The standard InChI is InChI=1S/C17H32N2Si/c1-14-16(9-7-13-19(4)5)15(10-11-17(14)20)8-6-12-18(2)3/h10-11H,6-9,12-13H2,1-5,20H3. The van der Waals surface area contributed by atoms with Gasteiger partial charge in [-0.2, -0.15) is 0 Å². The predicted octanol–water partition coefficient (Wildman–Crippen LogP) is 0.974. The van der Waals surface area contributed by atoms with Crippen LogP contribution in [-0.2, 0) is 12.8 Å². The first-order valence-electron chi connectivity index (χ1n) is 7.79. The average molecular weight is 293 g/mol. The fourth-order valence-electron chi connectivity index (χ4n) is 2.67. The predicted molar refractivity (Wildman–Crippen MR) is 94.5 cm³/mol. The van der Waals surface area contributed by atoms with E-state index in [0.717, 1.165) is 10.2 Å². The van der Waals surface area contributed by atoms with Crippen molar-refractivity contribution < 1.29 is 0 Å². The monoisotopic (exact) mass is 292 g/mol. The van der Waals surface area contributed by atoms with Gasteiger partial charge in [-0.25, -0.2) is 0 Å². The molecular weight excluding hydrogens is 260 g/mol. The van der Waals surface area contributed by atoms with Crippen molar-refractivity contribution in [2.45, 2.75) is 32.6 Å². The van der Waals surface area contributed by atoms with Gasteiger partial charge >= 0.3 is 0 Å². The van der Waals surface area contributed by atoms with Crippen LogP contribution in [-0.4, -0.2) is 61.3 Å². The summed E-state index contributed by atoms with van der Waals surface area (Å²) in [6, 6.07) is 4.73. The summed E-state index contributed by atoms with van der Waals surface area (Å²) in [5, 5.41) is 1.57. The first-order chi connectivity index (χ1) is 9.41. The highest BCUT2D eigenvalue weighted by atomic mass is 28.1. The second kappa shape index (κ2) is 8.60. The zero-order valence-corrected chi connectivity index (χ0v) is 16.3. The summed E-state index contributed by atoms with van der Waals surface area (Å²) in [6.45, 7) is 4.68. The lowest BCUT2D eigenvalue weighted by Gasteiger charge is -2.17. The third-order valence-electron chi connectivity index (χ3n) is 4.05. The van der Waals surface area contributed by atoms with Crippen molar-refractivity contribution in [2.75, 3.05) is 41.3 Å². The molecule has 0 N–H and O–H groups in total. The highest BCUT2D eigenvalue weighted by Gasteiger charge is 2.08. The van der Waals surface area contributed by atoms with Crippen molar-refractivity contribution in [2.24, 2.45) is 0 Å². The maximum absolute atomic E-state index is 2.38. The smallest absolute Gasteiger partial charge is 0.0388 e. The Morgan fingerprint density at radius 3 is 2.00 bits per heavy atom. The van der Waals surface area contributed by atoms with Gasteiger partial charge in [0.25, 0.3) is 0 Å². The van der Waals surface area contributed by atoms with Gasteiger partial charge in [-0.1, -0.05) is 17.3 Å². The summed E-state index contributed by atoms with van der Waals surface area (Å²) in [4.78, 5) is 4.56. The van der Waals surface area contributed by atoms with Crippen LogP contribution in [0.1, 0.15) is 29.5 Å². The van der Waals surface area contributed by atoms with Gasteiger partial charge in [0.2, 0.25) is 0 Å². The molecule has 0 atom stereocenters. The van der Waals surface area contributed by atoms with Gasteiger partial charge in [0.05, 0.1) is 0 Å². The number of benzene rings is 1. The highest BCUT2D eigenvalue weighted by Crippen LogP contribution is 2.17. The summed E-state index contributed by atoms with van der Waals surface area (Å²) in [7, 11) is 9.80. The molecule has 1 rings (SSSR count). The molecule has 0 aliphatic rings. The SMILES string of the molecule is Cc1c([SiH3])ccc(CCCN(C)C)c1CCCN(C)C. The maximum Gasteiger partial charge on any atom is 0.0388 e. The van der Waals surface area contributed by atoms with Crippen molar-refractivity contribution in [3.05, 3.63) is 28.8 Å². The van der Waals surface area contributed by atoms with E-state index in [1.54, 1.807) is 21.9 Å². The summed E-state index contributed by atoms with van der Waals surface area (Å²) in [5.74, 6) is 0. The van der Waals surface area contributed by atoms with E-state index in [4.69, 9.17) is 0 Å². The van der Waals surface area contributed by atoms with Gasteiger partial charge in [-0.05, 0) is 90.6 Å². The van der Waals surface area contributed by atoms with E-state index in [-0.39, 0.29) is 0 Å². The Morgan fingerprint density at radius 1 is 0.900 bits per heavy atom. The first-order valence-corrected chi connectivity index (χ1v) is 8.79. The van der Waals surface area contributed by atoms with Crippen LogP contribution in [0.4, 0.5) is 0 Å². The molecule has 2 nitrogen and oxygen atoms in total. The third kappa shape index (κ3) is 5.78. The van der Waals surface area contributed by atoms with Gasteiger partial charge in [0.15, 0.2) is 0 Å². The second-order valence-electron chi connectivity index (χ2n) is 6.46. The molecule has 0 bridgehead atoms. The fraction of sp³-hybridized carbons (Fsp3) is 0.647. The van der Waals surface area contributed by atoms with Crippen LogP contribution in [0, 0.1) is 6.92 Å². The summed E-state index contributed by atoms with van der Waals surface area (Å²) in [6.07, 6.45) is 4.97. The molecule has 0 radical (unpaired) electrons. The maximum atomic E-state index is 2.38. The molecule has 1 aromatic carbocycles. The molecule has 0 aromatic heterocycles. The van der Waals surface area contributed by atoms with Crippen molar-refractivity contribution in [1.82, 2.24) is 9.80 Å². The number of aryl methyl sites for hydroxylation is 1. The van der Waals surface area contributed by atoms with Gasteiger partial charge in [0.1, 0.15) is 0 Å². The Bertz CT molecular complexity index is 414. The Balaban J connectivity index is 2.74. The molecule has 0 amide bonds. The molecule has 0 saturated carbocycles. The van der Waals surface area contributed by atoms with Crippen LogP contribution < -0.4 is 5.19 Å². The van der Waals surface area contributed by atoms with Gasteiger partial charge in [-0.15, -0.1) is 0 Å². The lowest BCUT2D eigenvalue weighted by atomic mass is 9.94. The summed E-state index contributed by atoms with van der Waals surface area (Å²) in [5.41, 5.74) is 4.79. The van der Waals surface area contributed by atoms with Crippen LogP contribution in [0.5, 0.6) is 0 Å². The zero-order chi connectivity index (χ0) is 15.1. The Hall–Kier alpha value is -0.643. The van der Waals surface area contributed by atoms with E-state index in [9.17, 15) is 0 Å². The van der Waals surface area contributed by atoms with E-state index in [1.807, 2.05) is 0 Å². The van der Waals surface area contributed by atoms with Gasteiger partial charge in [-0.3, -0.25) is 0 Å². The molecule has 20 heavy (non-hydrogen) atoms. The number of hydrogen-bond donors (Lipinski definition) is 0. The third-order valence-corrected chi connectivity index (χ3v) is 5.13. The summed E-state index contributed by atoms with van der Waals surface area (Å²) >= 11 is 0. The Labute approximate surface area is 128 Å². The molecule has 1 aromatic rings. The fourth-order valence-corrected chi connectivity index (χ4v) is 3.14. The molecule has 0 unspecified atom stereocenters. The molecule has 0 spiro atoms. The molecular formula is C17H32N2Si. The molecule has 0 heterocycles. The topological polar surface area (TPSA) is 6.48 Å². The average Bonchev–Trinajstić information content (AvgIpc) is 2.36. The van der Waals surface area contributed by atoms with E-state index in [2.05, 4.69) is 57.0 Å². The minimum Gasteiger partial charge on any atom is -0.309 e. The molecule has 114 valence electrons. The lowest BCUT2D eigenvalue weighted by Crippen LogP contribution is -2.17. The molecule has 0 saturated heterocycles. The second-order valence-corrected chi connectivity index (χ2v) is 7.54. The van der Waals surface area contributed by atoms with Crippen LogP contribution in [0.15, 0.2) is 12.1 Å². The van der Waals surface area contributed by atoms with Crippen LogP contribution in [0.3, 0.4) is 0 Å². The van der Waals surface area contributed by atoms with Crippen molar-refractivity contribution >= 4 is 15.4 Å². The number of hydrogen-bond acceptors (Lipinski definition) is 2. The largest absolute Gasteiger partial charge is 0.309 e. The highest BCUT2D eigenvalue weighted by molar-refractivity contribution is 6.33. The van der Waals surface area contributed by atoms with Crippen LogP contribution >= 0.6 is 0 Å².